The summed E-state index contributed by atoms with van der Waals surface area (Å²) in [5, 5.41) is 10.0. The first kappa shape index (κ1) is 11.6. The summed E-state index contributed by atoms with van der Waals surface area (Å²) in [5.41, 5.74) is 0.500. The number of hydrogen-bond acceptors (Lipinski definition) is 2. The number of ether oxygens (including phenoxy) is 1. The summed E-state index contributed by atoms with van der Waals surface area (Å²) in [5.74, 6) is 0.142. The third-order valence-corrected chi connectivity index (χ3v) is 2.89. The van der Waals surface area contributed by atoms with Gasteiger partial charge >= 0.3 is 0 Å². The van der Waals surface area contributed by atoms with E-state index in [1.807, 2.05) is 6.08 Å². The van der Waals surface area contributed by atoms with E-state index in [2.05, 4.69) is 15.9 Å². The van der Waals surface area contributed by atoms with Crippen LogP contribution < -0.4 is 0 Å². The Morgan fingerprint density at radius 3 is 2.81 bits per heavy atom. The van der Waals surface area contributed by atoms with Crippen LogP contribution in [0.4, 0.5) is 4.39 Å². The van der Waals surface area contributed by atoms with Crippen molar-refractivity contribution >= 4 is 15.9 Å². The van der Waals surface area contributed by atoms with Crippen LogP contribution in [0, 0.1) is 5.82 Å². The van der Waals surface area contributed by atoms with Crippen LogP contribution in [0.2, 0.25) is 0 Å². The largest absolute Gasteiger partial charge is 0.495 e. The third kappa shape index (κ3) is 2.62. The molecule has 1 aromatic rings. The Morgan fingerprint density at radius 2 is 2.19 bits per heavy atom. The van der Waals surface area contributed by atoms with E-state index in [4.69, 9.17) is 4.74 Å². The lowest BCUT2D eigenvalue weighted by Gasteiger charge is -2.20. The van der Waals surface area contributed by atoms with Gasteiger partial charge in [0.1, 0.15) is 17.7 Å². The van der Waals surface area contributed by atoms with Crippen LogP contribution in [0.5, 0.6) is 0 Å². The molecule has 0 aromatic heterocycles. The maximum atomic E-state index is 13.2. The average molecular weight is 287 g/mol. The van der Waals surface area contributed by atoms with Crippen molar-refractivity contribution in [2.45, 2.75) is 18.9 Å². The zero-order chi connectivity index (χ0) is 11.5. The lowest BCUT2D eigenvalue weighted by molar-refractivity contribution is 0.0916. The second-order valence-electron chi connectivity index (χ2n) is 3.70. The summed E-state index contributed by atoms with van der Waals surface area (Å²) < 4.78 is 19.1. The highest BCUT2D eigenvalue weighted by atomic mass is 79.9. The molecule has 1 unspecified atom stereocenters. The van der Waals surface area contributed by atoms with E-state index in [0.29, 0.717) is 22.4 Å². The van der Waals surface area contributed by atoms with Gasteiger partial charge in [-0.1, -0.05) is 15.9 Å². The Labute approximate surface area is 102 Å². The van der Waals surface area contributed by atoms with Gasteiger partial charge in [-0.15, -0.1) is 0 Å². The van der Waals surface area contributed by atoms with Crippen molar-refractivity contribution in [3.05, 3.63) is 45.9 Å². The molecule has 1 atom stereocenters. The fourth-order valence-corrected chi connectivity index (χ4v) is 2.15. The molecule has 0 saturated heterocycles. The summed E-state index contributed by atoms with van der Waals surface area (Å²) in [6, 6.07) is 4.35. The highest BCUT2D eigenvalue weighted by molar-refractivity contribution is 9.10. The molecule has 0 fully saturated rings. The Balaban J connectivity index is 2.25. The highest BCUT2D eigenvalue weighted by Crippen LogP contribution is 2.28. The number of allylic oxidation sites excluding steroid dienone is 1. The second-order valence-corrected chi connectivity index (χ2v) is 4.62. The molecule has 0 radical (unpaired) electrons. The van der Waals surface area contributed by atoms with Crippen LogP contribution in [0.3, 0.4) is 0 Å². The van der Waals surface area contributed by atoms with E-state index in [0.717, 1.165) is 12.8 Å². The van der Waals surface area contributed by atoms with Crippen molar-refractivity contribution in [2.24, 2.45) is 0 Å². The summed E-state index contributed by atoms with van der Waals surface area (Å²) in [6.45, 7) is 0.610. The van der Waals surface area contributed by atoms with Crippen LogP contribution in [0.1, 0.15) is 24.5 Å². The molecule has 1 aliphatic rings. The molecule has 2 rings (SSSR count). The predicted molar refractivity (Wildman–Crippen MR) is 62.3 cm³/mol. The number of halogens is 2. The molecule has 1 aliphatic heterocycles. The van der Waals surface area contributed by atoms with Crippen LogP contribution >= 0.6 is 15.9 Å². The number of benzene rings is 1. The Kier molecular flexibility index (Phi) is 3.61. The van der Waals surface area contributed by atoms with Gasteiger partial charge in [0.2, 0.25) is 0 Å². The topological polar surface area (TPSA) is 29.5 Å². The maximum Gasteiger partial charge on any atom is 0.136 e. The minimum Gasteiger partial charge on any atom is -0.495 e. The molecular weight excluding hydrogens is 275 g/mol. The van der Waals surface area contributed by atoms with Crippen molar-refractivity contribution < 1.29 is 14.2 Å². The zero-order valence-corrected chi connectivity index (χ0v) is 10.2. The summed E-state index contributed by atoms with van der Waals surface area (Å²) in [6.07, 6.45) is 2.83. The summed E-state index contributed by atoms with van der Waals surface area (Å²) in [4.78, 5) is 0. The summed E-state index contributed by atoms with van der Waals surface area (Å²) in [7, 11) is 0. The molecule has 0 bridgehead atoms. The number of hydrogen-bond donors (Lipinski definition) is 1. The van der Waals surface area contributed by atoms with Crippen molar-refractivity contribution in [3.8, 4) is 0 Å². The van der Waals surface area contributed by atoms with Gasteiger partial charge in [0.05, 0.1) is 6.61 Å². The van der Waals surface area contributed by atoms with Gasteiger partial charge < -0.3 is 9.84 Å². The molecule has 0 aliphatic carbocycles. The lowest BCUT2D eigenvalue weighted by atomic mass is 10.1. The van der Waals surface area contributed by atoms with E-state index in [1.54, 1.807) is 6.07 Å². The lowest BCUT2D eigenvalue weighted by Crippen LogP contribution is -2.10. The van der Waals surface area contributed by atoms with Crippen molar-refractivity contribution in [3.63, 3.8) is 0 Å². The Hall–Kier alpha value is -0.870. The van der Waals surface area contributed by atoms with Crippen molar-refractivity contribution in [1.29, 1.82) is 0 Å². The standard InChI is InChI=1S/C12H12BrFO2/c13-9-5-8(6-10(14)7-9)12(15)11-3-1-2-4-16-11/h3,5-7,12,15H,1-2,4H2. The average Bonchev–Trinajstić information content (AvgIpc) is 2.28. The van der Waals surface area contributed by atoms with Crippen LogP contribution in [-0.4, -0.2) is 11.7 Å². The van der Waals surface area contributed by atoms with Gasteiger partial charge in [-0.2, -0.15) is 0 Å². The molecule has 0 spiro atoms. The van der Waals surface area contributed by atoms with Gasteiger partial charge in [-0.05, 0) is 42.7 Å². The van der Waals surface area contributed by atoms with E-state index < -0.39 is 6.10 Å². The first-order valence-corrected chi connectivity index (χ1v) is 5.93. The Morgan fingerprint density at radius 1 is 1.38 bits per heavy atom. The van der Waals surface area contributed by atoms with Crippen LogP contribution in [0.15, 0.2) is 34.5 Å². The number of aliphatic hydroxyl groups is 1. The smallest absolute Gasteiger partial charge is 0.136 e. The van der Waals surface area contributed by atoms with E-state index >= 15 is 0 Å². The first-order valence-electron chi connectivity index (χ1n) is 5.14. The van der Waals surface area contributed by atoms with Crippen LogP contribution in [0.25, 0.3) is 0 Å². The number of aliphatic hydroxyl groups excluding tert-OH is 1. The second kappa shape index (κ2) is 4.97. The molecule has 4 heteroatoms. The minimum atomic E-state index is -0.882. The van der Waals surface area contributed by atoms with Gasteiger partial charge in [-0.3, -0.25) is 0 Å². The zero-order valence-electron chi connectivity index (χ0n) is 8.62. The third-order valence-electron chi connectivity index (χ3n) is 2.43. The molecular formula is C12H12BrFO2. The molecule has 16 heavy (non-hydrogen) atoms. The molecule has 2 nitrogen and oxygen atoms in total. The van der Waals surface area contributed by atoms with E-state index in [1.165, 1.54) is 12.1 Å². The molecule has 0 amide bonds. The maximum absolute atomic E-state index is 13.2. The van der Waals surface area contributed by atoms with Gasteiger partial charge in [0.15, 0.2) is 0 Å². The van der Waals surface area contributed by atoms with Gasteiger partial charge in [0, 0.05) is 4.47 Å². The minimum absolute atomic E-state index is 0.375. The molecule has 1 heterocycles. The van der Waals surface area contributed by atoms with Crippen molar-refractivity contribution in [1.82, 2.24) is 0 Å². The molecule has 86 valence electrons. The van der Waals surface area contributed by atoms with Gasteiger partial charge in [0.25, 0.3) is 0 Å². The molecule has 1 aromatic carbocycles. The summed E-state index contributed by atoms with van der Waals surface area (Å²) >= 11 is 3.19. The normalized spacial score (nSPS) is 17.6. The molecule has 1 N–H and O–H groups in total. The van der Waals surface area contributed by atoms with Gasteiger partial charge in [-0.25, -0.2) is 4.39 Å². The van der Waals surface area contributed by atoms with E-state index in [-0.39, 0.29) is 5.82 Å². The van der Waals surface area contributed by atoms with E-state index in [9.17, 15) is 9.50 Å². The first-order chi connectivity index (χ1) is 7.66. The number of rotatable bonds is 2. The predicted octanol–water partition coefficient (Wildman–Crippen LogP) is 3.32. The fraction of sp³-hybridized carbons (Fsp3) is 0.333. The van der Waals surface area contributed by atoms with Crippen LogP contribution in [-0.2, 0) is 4.74 Å². The quantitative estimate of drug-likeness (QED) is 0.904. The monoisotopic (exact) mass is 286 g/mol. The fourth-order valence-electron chi connectivity index (χ4n) is 1.66. The SMILES string of the molecule is OC(C1=CCCCO1)c1cc(F)cc(Br)c1. The highest BCUT2D eigenvalue weighted by Gasteiger charge is 2.18. The molecule has 0 saturated carbocycles. The Bertz CT molecular complexity index is 397. The van der Waals surface area contributed by atoms with Crippen molar-refractivity contribution in [2.75, 3.05) is 6.61 Å².